The predicted octanol–water partition coefficient (Wildman–Crippen LogP) is 6.19. The highest BCUT2D eigenvalue weighted by Crippen LogP contribution is 2.29. The van der Waals surface area contributed by atoms with E-state index in [1.54, 1.807) is 6.20 Å². The van der Waals surface area contributed by atoms with Crippen LogP contribution in [0.15, 0.2) is 95.7 Å². The van der Waals surface area contributed by atoms with Crippen LogP contribution >= 0.6 is 15.9 Å². The molecule has 1 N–H and O–H groups in total. The molecule has 0 saturated carbocycles. The maximum absolute atomic E-state index is 13.2. The van der Waals surface area contributed by atoms with Gasteiger partial charge in [0.1, 0.15) is 0 Å². The molecule has 4 nitrogen and oxygen atoms in total. The summed E-state index contributed by atoms with van der Waals surface area (Å²) in [5.41, 5.74) is 3.93. The molecule has 0 unspecified atom stereocenters. The zero-order valence-corrected chi connectivity index (χ0v) is 16.9. The Balaban J connectivity index is 1.59. The molecule has 2 aromatic heterocycles. The van der Waals surface area contributed by atoms with Crippen LogP contribution in [0.25, 0.3) is 27.5 Å². The Kier molecular flexibility index (Phi) is 4.37. The molecule has 1 amide bonds. The fourth-order valence-electron chi connectivity index (χ4n) is 3.61. The van der Waals surface area contributed by atoms with Crippen molar-refractivity contribution >= 4 is 49.3 Å². The number of amides is 1. The van der Waals surface area contributed by atoms with E-state index in [1.807, 2.05) is 89.6 Å². The first-order chi connectivity index (χ1) is 14.2. The molecule has 0 spiro atoms. The fraction of sp³-hybridized carbons (Fsp3) is 0. The standard InChI is InChI=1S/C24H16BrN3O/c25-19-9-4-12-21-17(19)13-15-28(21)22-11-2-1-8-18(22)24(29)27-20-10-3-6-16-7-5-14-26-23(16)20/h1-15H,(H,27,29). The van der Waals surface area contributed by atoms with Crippen molar-refractivity contribution in [2.45, 2.75) is 0 Å². The maximum Gasteiger partial charge on any atom is 0.257 e. The van der Waals surface area contributed by atoms with Gasteiger partial charge in [-0.25, -0.2) is 0 Å². The highest BCUT2D eigenvalue weighted by Gasteiger charge is 2.15. The van der Waals surface area contributed by atoms with Gasteiger partial charge in [-0.1, -0.05) is 52.3 Å². The van der Waals surface area contributed by atoms with Crippen molar-refractivity contribution in [2.75, 3.05) is 5.32 Å². The van der Waals surface area contributed by atoms with Gasteiger partial charge in [-0.2, -0.15) is 0 Å². The van der Waals surface area contributed by atoms with E-state index < -0.39 is 0 Å². The molecule has 0 radical (unpaired) electrons. The molecule has 2 heterocycles. The second kappa shape index (κ2) is 7.18. The number of anilines is 1. The van der Waals surface area contributed by atoms with Gasteiger partial charge in [0, 0.05) is 27.6 Å². The smallest absolute Gasteiger partial charge is 0.257 e. The van der Waals surface area contributed by atoms with Gasteiger partial charge in [0.2, 0.25) is 0 Å². The molecule has 5 rings (SSSR count). The lowest BCUT2D eigenvalue weighted by Crippen LogP contribution is -2.15. The van der Waals surface area contributed by atoms with Gasteiger partial charge in [0.15, 0.2) is 0 Å². The number of rotatable bonds is 3. The molecule has 0 saturated heterocycles. The third kappa shape index (κ3) is 3.09. The number of pyridine rings is 1. The molecule has 0 aliphatic rings. The number of benzene rings is 3. The Morgan fingerprint density at radius 2 is 1.72 bits per heavy atom. The third-order valence-corrected chi connectivity index (χ3v) is 5.66. The minimum Gasteiger partial charge on any atom is -0.320 e. The summed E-state index contributed by atoms with van der Waals surface area (Å²) in [4.78, 5) is 17.6. The van der Waals surface area contributed by atoms with Crippen LogP contribution in [0.1, 0.15) is 10.4 Å². The lowest BCUT2D eigenvalue weighted by atomic mass is 10.1. The van der Waals surface area contributed by atoms with Crippen molar-refractivity contribution < 1.29 is 4.79 Å². The molecule has 0 fully saturated rings. The molecule has 0 bridgehead atoms. The van der Waals surface area contributed by atoms with Gasteiger partial charge in [-0.05, 0) is 42.5 Å². The number of halogens is 1. The summed E-state index contributed by atoms with van der Waals surface area (Å²) < 4.78 is 3.06. The summed E-state index contributed by atoms with van der Waals surface area (Å²) in [7, 11) is 0. The molecule has 140 valence electrons. The second-order valence-electron chi connectivity index (χ2n) is 6.71. The van der Waals surface area contributed by atoms with E-state index in [0.29, 0.717) is 11.3 Å². The van der Waals surface area contributed by atoms with Crippen LogP contribution in [-0.4, -0.2) is 15.5 Å². The number of aromatic nitrogens is 2. The van der Waals surface area contributed by atoms with Gasteiger partial charge >= 0.3 is 0 Å². The molecule has 5 heteroatoms. The zero-order valence-electron chi connectivity index (χ0n) is 15.3. The van der Waals surface area contributed by atoms with E-state index in [-0.39, 0.29) is 5.91 Å². The summed E-state index contributed by atoms with van der Waals surface area (Å²) in [6, 6.07) is 25.4. The highest BCUT2D eigenvalue weighted by atomic mass is 79.9. The van der Waals surface area contributed by atoms with Crippen molar-refractivity contribution in [3.63, 3.8) is 0 Å². The normalized spacial score (nSPS) is 11.1. The van der Waals surface area contributed by atoms with E-state index in [2.05, 4.69) is 26.2 Å². The molecule has 0 aliphatic carbocycles. The topological polar surface area (TPSA) is 46.9 Å². The maximum atomic E-state index is 13.2. The molecule has 3 aromatic carbocycles. The van der Waals surface area contributed by atoms with Crippen molar-refractivity contribution in [2.24, 2.45) is 0 Å². The Morgan fingerprint density at radius 1 is 0.897 bits per heavy atom. The molecule has 29 heavy (non-hydrogen) atoms. The van der Waals surface area contributed by atoms with Crippen LogP contribution in [0.3, 0.4) is 0 Å². The summed E-state index contributed by atoms with van der Waals surface area (Å²) in [6.07, 6.45) is 3.72. The SMILES string of the molecule is O=C(Nc1cccc2cccnc12)c1ccccc1-n1ccc2c(Br)cccc21. The number of hydrogen-bond donors (Lipinski definition) is 1. The van der Waals surface area contributed by atoms with Crippen LogP contribution in [0.4, 0.5) is 5.69 Å². The summed E-state index contributed by atoms with van der Waals surface area (Å²) in [5.74, 6) is -0.171. The summed E-state index contributed by atoms with van der Waals surface area (Å²) in [5, 5.41) is 5.12. The van der Waals surface area contributed by atoms with Crippen LogP contribution in [-0.2, 0) is 0 Å². The molecule has 5 aromatic rings. The van der Waals surface area contributed by atoms with Gasteiger partial charge in [-0.15, -0.1) is 0 Å². The summed E-state index contributed by atoms with van der Waals surface area (Å²) >= 11 is 3.60. The Morgan fingerprint density at radius 3 is 2.66 bits per heavy atom. The first-order valence-corrected chi connectivity index (χ1v) is 10.0. The minimum absolute atomic E-state index is 0.171. The molecule has 0 atom stereocenters. The van der Waals surface area contributed by atoms with Crippen LogP contribution in [0.5, 0.6) is 0 Å². The van der Waals surface area contributed by atoms with Crippen molar-refractivity contribution in [1.82, 2.24) is 9.55 Å². The monoisotopic (exact) mass is 441 g/mol. The van der Waals surface area contributed by atoms with Crippen LogP contribution in [0.2, 0.25) is 0 Å². The molecule has 0 aliphatic heterocycles. The first kappa shape index (κ1) is 17.6. The Hall–Kier alpha value is -3.44. The highest BCUT2D eigenvalue weighted by molar-refractivity contribution is 9.10. The number of hydrogen-bond acceptors (Lipinski definition) is 2. The van der Waals surface area contributed by atoms with E-state index in [9.17, 15) is 4.79 Å². The average molecular weight is 442 g/mol. The fourth-order valence-corrected chi connectivity index (χ4v) is 4.10. The number of nitrogens with zero attached hydrogens (tertiary/aromatic N) is 2. The lowest BCUT2D eigenvalue weighted by Gasteiger charge is -2.13. The van der Waals surface area contributed by atoms with Crippen LogP contribution in [0, 0.1) is 0 Å². The van der Waals surface area contributed by atoms with Crippen LogP contribution < -0.4 is 5.32 Å². The predicted molar refractivity (Wildman–Crippen MR) is 121 cm³/mol. The number of para-hydroxylation sites is 2. The Labute approximate surface area is 175 Å². The van der Waals surface area contributed by atoms with E-state index in [0.717, 1.165) is 32.0 Å². The van der Waals surface area contributed by atoms with Crippen molar-refractivity contribution in [3.05, 3.63) is 101 Å². The molecular formula is C24H16BrN3O. The van der Waals surface area contributed by atoms with Crippen molar-refractivity contribution in [1.29, 1.82) is 0 Å². The van der Waals surface area contributed by atoms with E-state index in [4.69, 9.17) is 0 Å². The number of fused-ring (bicyclic) bond motifs is 2. The molecular weight excluding hydrogens is 426 g/mol. The number of nitrogens with one attached hydrogen (secondary N) is 1. The zero-order chi connectivity index (χ0) is 19.8. The third-order valence-electron chi connectivity index (χ3n) is 4.97. The van der Waals surface area contributed by atoms with Gasteiger partial charge < -0.3 is 9.88 Å². The van der Waals surface area contributed by atoms with E-state index >= 15 is 0 Å². The largest absolute Gasteiger partial charge is 0.320 e. The van der Waals surface area contributed by atoms with Gasteiger partial charge in [0.25, 0.3) is 5.91 Å². The Bertz CT molecular complexity index is 1370. The quantitative estimate of drug-likeness (QED) is 0.362. The second-order valence-corrected chi connectivity index (χ2v) is 7.56. The van der Waals surface area contributed by atoms with Crippen molar-refractivity contribution in [3.8, 4) is 5.69 Å². The van der Waals surface area contributed by atoms with Gasteiger partial charge in [0.05, 0.1) is 28.0 Å². The number of carbonyl (C=O) groups is 1. The minimum atomic E-state index is -0.171. The average Bonchev–Trinajstić information content (AvgIpc) is 3.19. The lowest BCUT2D eigenvalue weighted by molar-refractivity contribution is 0.102. The van der Waals surface area contributed by atoms with E-state index in [1.165, 1.54) is 0 Å². The summed E-state index contributed by atoms with van der Waals surface area (Å²) in [6.45, 7) is 0. The first-order valence-electron chi connectivity index (χ1n) is 9.22. The number of carbonyl (C=O) groups excluding carboxylic acids is 1. The van der Waals surface area contributed by atoms with Gasteiger partial charge in [-0.3, -0.25) is 9.78 Å².